The SMILES string of the molecule is CNC(C(=O)O)C(=O)Nc1ccc2nc(C)[nH]c2c1. The van der Waals surface area contributed by atoms with Crippen LogP contribution >= 0.6 is 0 Å². The first-order valence-electron chi connectivity index (χ1n) is 5.68. The molecule has 0 saturated carbocycles. The predicted molar refractivity (Wildman–Crippen MR) is 69.9 cm³/mol. The van der Waals surface area contributed by atoms with Gasteiger partial charge in [-0.3, -0.25) is 10.1 Å². The highest BCUT2D eigenvalue weighted by atomic mass is 16.4. The van der Waals surface area contributed by atoms with Crippen molar-refractivity contribution >= 4 is 28.6 Å². The molecule has 100 valence electrons. The average molecular weight is 262 g/mol. The lowest BCUT2D eigenvalue weighted by atomic mass is 10.2. The third kappa shape index (κ3) is 2.71. The van der Waals surface area contributed by atoms with Crippen LogP contribution in [0.1, 0.15) is 5.82 Å². The van der Waals surface area contributed by atoms with Gasteiger partial charge in [0.05, 0.1) is 11.0 Å². The lowest BCUT2D eigenvalue weighted by Gasteiger charge is -2.11. The Bertz CT molecular complexity index is 635. The third-order valence-corrected chi connectivity index (χ3v) is 2.67. The van der Waals surface area contributed by atoms with Crippen LogP contribution in [0.15, 0.2) is 18.2 Å². The Morgan fingerprint density at radius 2 is 2.16 bits per heavy atom. The zero-order chi connectivity index (χ0) is 14.0. The number of nitrogens with zero attached hydrogens (tertiary/aromatic N) is 1. The van der Waals surface area contributed by atoms with Crippen LogP contribution in [0.2, 0.25) is 0 Å². The number of rotatable bonds is 4. The summed E-state index contributed by atoms with van der Waals surface area (Å²) in [7, 11) is 1.42. The molecule has 1 amide bonds. The Hall–Kier alpha value is -2.41. The number of anilines is 1. The summed E-state index contributed by atoms with van der Waals surface area (Å²) in [6, 6.07) is 3.86. The lowest BCUT2D eigenvalue weighted by molar-refractivity contribution is -0.142. The number of amides is 1. The van der Waals surface area contributed by atoms with Gasteiger partial charge in [-0.2, -0.15) is 0 Å². The van der Waals surface area contributed by atoms with Gasteiger partial charge in [-0.25, -0.2) is 9.78 Å². The minimum absolute atomic E-state index is 0.516. The quantitative estimate of drug-likeness (QED) is 0.600. The number of benzene rings is 1. The first-order valence-corrected chi connectivity index (χ1v) is 5.68. The summed E-state index contributed by atoms with van der Waals surface area (Å²) >= 11 is 0. The number of likely N-dealkylation sites (N-methyl/N-ethyl adjacent to an activating group) is 1. The summed E-state index contributed by atoms with van der Waals surface area (Å²) in [6.07, 6.45) is 0. The van der Waals surface area contributed by atoms with Gasteiger partial charge in [0.2, 0.25) is 0 Å². The highest BCUT2D eigenvalue weighted by Crippen LogP contribution is 2.17. The van der Waals surface area contributed by atoms with E-state index in [1.54, 1.807) is 18.2 Å². The Labute approximate surface area is 109 Å². The van der Waals surface area contributed by atoms with Crippen molar-refractivity contribution in [2.45, 2.75) is 13.0 Å². The topological polar surface area (TPSA) is 107 Å². The number of aliphatic carboxylic acids is 1. The maximum absolute atomic E-state index is 11.7. The van der Waals surface area contributed by atoms with Crippen LogP contribution in [0, 0.1) is 6.92 Å². The smallest absolute Gasteiger partial charge is 0.330 e. The Kier molecular flexibility index (Phi) is 3.48. The number of H-pyrrole nitrogens is 1. The largest absolute Gasteiger partial charge is 0.480 e. The molecule has 19 heavy (non-hydrogen) atoms. The second-order valence-electron chi connectivity index (χ2n) is 4.10. The van der Waals surface area contributed by atoms with Gasteiger partial charge in [-0.05, 0) is 32.2 Å². The predicted octanol–water partition coefficient (Wildman–Crippen LogP) is 0.482. The number of aromatic amines is 1. The van der Waals surface area contributed by atoms with Gasteiger partial charge in [0.15, 0.2) is 6.04 Å². The number of carbonyl (C=O) groups is 2. The maximum Gasteiger partial charge on any atom is 0.330 e. The molecular weight excluding hydrogens is 248 g/mol. The van der Waals surface area contributed by atoms with Gasteiger partial charge >= 0.3 is 5.97 Å². The van der Waals surface area contributed by atoms with Gasteiger partial charge in [-0.1, -0.05) is 0 Å². The summed E-state index contributed by atoms with van der Waals surface area (Å²) in [6.45, 7) is 1.83. The van der Waals surface area contributed by atoms with Crippen LogP contribution in [0.5, 0.6) is 0 Å². The van der Waals surface area contributed by atoms with E-state index < -0.39 is 17.9 Å². The third-order valence-electron chi connectivity index (χ3n) is 2.67. The van der Waals surface area contributed by atoms with Gasteiger partial charge in [0.1, 0.15) is 5.82 Å². The monoisotopic (exact) mass is 262 g/mol. The Balaban J connectivity index is 2.20. The van der Waals surface area contributed by atoms with Gasteiger partial charge in [0.25, 0.3) is 5.91 Å². The number of carboxylic acids is 1. The fourth-order valence-electron chi connectivity index (χ4n) is 1.80. The average Bonchev–Trinajstić information content (AvgIpc) is 2.68. The number of hydrogen-bond acceptors (Lipinski definition) is 4. The van der Waals surface area contributed by atoms with Crippen molar-refractivity contribution in [2.24, 2.45) is 0 Å². The van der Waals surface area contributed by atoms with E-state index in [0.29, 0.717) is 5.69 Å². The van der Waals surface area contributed by atoms with Crippen LogP contribution in [-0.4, -0.2) is 40.0 Å². The number of nitrogens with one attached hydrogen (secondary N) is 3. The van der Waals surface area contributed by atoms with Crippen molar-refractivity contribution in [3.63, 3.8) is 0 Å². The molecule has 0 saturated heterocycles. The van der Waals surface area contributed by atoms with Crippen LogP contribution < -0.4 is 10.6 Å². The molecule has 2 aromatic rings. The summed E-state index contributed by atoms with van der Waals surface area (Å²) in [5.41, 5.74) is 2.09. The molecule has 0 aliphatic rings. The summed E-state index contributed by atoms with van der Waals surface area (Å²) in [5, 5.41) is 13.8. The zero-order valence-electron chi connectivity index (χ0n) is 10.5. The second-order valence-corrected chi connectivity index (χ2v) is 4.10. The van der Waals surface area contributed by atoms with E-state index >= 15 is 0 Å². The van der Waals surface area contributed by atoms with Gasteiger partial charge in [0, 0.05) is 5.69 Å². The van der Waals surface area contributed by atoms with E-state index in [4.69, 9.17) is 5.11 Å². The Morgan fingerprint density at radius 1 is 1.42 bits per heavy atom. The molecule has 2 rings (SSSR count). The van der Waals surface area contributed by atoms with E-state index in [1.165, 1.54) is 7.05 Å². The number of aromatic nitrogens is 2. The molecule has 0 radical (unpaired) electrons. The molecular formula is C12H14N4O3. The molecule has 1 unspecified atom stereocenters. The molecule has 1 heterocycles. The molecule has 0 spiro atoms. The zero-order valence-corrected chi connectivity index (χ0v) is 10.5. The standard InChI is InChI=1S/C12H14N4O3/c1-6-14-8-4-3-7(5-9(8)15-6)16-11(17)10(13-2)12(18)19/h3-5,10,13H,1-2H3,(H,14,15)(H,16,17)(H,18,19). The van der Waals surface area contributed by atoms with Crippen molar-refractivity contribution in [2.75, 3.05) is 12.4 Å². The number of fused-ring (bicyclic) bond motifs is 1. The first kappa shape index (κ1) is 13.0. The summed E-state index contributed by atoms with van der Waals surface area (Å²) < 4.78 is 0. The van der Waals surface area contributed by atoms with Crippen molar-refractivity contribution in [1.82, 2.24) is 15.3 Å². The molecule has 7 heteroatoms. The summed E-state index contributed by atoms with van der Waals surface area (Å²) in [4.78, 5) is 29.9. The first-order chi connectivity index (χ1) is 9.01. The normalized spacial score (nSPS) is 12.3. The van der Waals surface area contributed by atoms with Crippen molar-refractivity contribution < 1.29 is 14.7 Å². The maximum atomic E-state index is 11.7. The van der Waals surface area contributed by atoms with Crippen LogP contribution in [0.25, 0.3) is 11.0 Å². The summed E-state index contributed by atoms with van der Waals surface area (Å²) in [5.74, 6) is -1.07. The van der Waals surface area contributed by atoms with Crippen molar-refractivity contribution in [3.8, 4) is 0 Å². The molecule has 0 aliphatic heterocycles. The van der Waals surface area contributed by atoms with E-state index in [1.807, 2.05) is 6.92 Å². The van der Waals surface area contributed by atoms with E-state index in [2.05, 4.69) is 20.6 Å². The number of aryl methyl sites for hydroxylation is 1. The Morgan fingerprint density at radius 3 is 2.79 bits per heavy atom. The van der Waals surface area contributed by atoms with E-state index in [0.717, 1.165) is 16.9 Å². The van der Waals surface area contributed by atoms with Crippen molar-refractivity contribution in [3.05, 3.63) is 24.0 Å². The van der Waals surface area contributed by atoms with Gasteiger partial charge < -0.3 is 15.4 Å². The van der Waals surface area contributed by atoms with Crippen LogP contribution in [0.4, 0.5) is 5.69 Å². The highest BCUT2D eigenvalue weighted by Gasteiger charge is 2.24. The molecule has 1 aromatic carbocycles. The molecule has 1 aromatic heterocycles. The molecule has 7 nitrogen and oxygen atoms in total. The van der Waals surface area contributed by atoms with Crippen LogP contribution in [0.3, 0.4) is 0 Å². The minimum atomic E-state index is -1.28. The minimum Gasteiger partial charge on any atom is -0.480 e. The van der Waals surface area contributed by atoms with Gasteiger partial charge in [-0.15, -0.1) is 0 Å². The highest BCUT2D eigenvalue weighted by molar-refractivity contribution is 6.08. The fraction of sp³-hybridized carbons (Fsp3) is 0.250. The number of hydrogen-bond donors (Lipinski definition) is 4. The van der Waals surface area contributed by atoms with E-state index in [-0.39, 0.29) is 0 Å². The van der Waals surface area contributed by atoms with E-state index in [9.17, 15) is 9.59 Å². The number of imidazole rings is 1. The lowest BCUT2D eigenvalue weighted by Crippen LogP contribution is -2.44. The molecule has 4 N–H and O–H groups in total. The van der Waals surface area contributed by atoms with Crippen LogP contribution in [-0.2, 0) is 9.59 Å². The molecule has 0 aliphatic carbocycles. The number of carboxylic acid groups (broad SMARTS) is 1. The number of carbonyl (C=O) groups excluding carboxylic acids is 1. The molecule has 0 fully saturated rings. The van der Waals surface area contributed by atoms with Crippen molar-refractivity contribution in [1.29, 1.82) is 0 Å². The molecule has 0 bridgehead atoms. The fourth-order valence-corrected chi connectivity index (χ4v) is 1.80. The molecule has 1 atom stereocenters. The second kappa shape index (κ2) is 5.07.